The van der Waals surface area contributed by atoms with Crippen LogP contribution in [-0.2, 0) is 0 Å². The lowest BCUT2D eigenvalue weighted by Gasteiger charge is -2.18. The van der Waals surface area contributed by atoms with Crippen LogP contribution < -0.4 is 5.32 Å². The third-order valence-corrected chi connectivity index (χ3v) is 3.38. The minimum Gasteiger partial charge on any atom is -0.396 e. The number of aliphatic hydroxyl groups excluding tert-OH is 1. The average molecular weight is 302 g/mol. The summed E-state index contributed by atoms with van der Waals surface area (Å²) in [5, 5.41) is 11.8. The monoisotopic (exact) mass is 301 g/mol. The van der Waals surface area contributed by atoms with Gasteiger partial charge in [0.25, 0.3) is 5.91 Å². The van der Waals surface area contributed by atoms with Crippen LogP contribution in [0.2, 0.25) is 5.02 Å². The Hall–Kier alpha value is -1.13. The second-order valence-corrected chi connectivity index (χ2v) is 5.75. The lowest BCUT2D eigenvalue weighted by molar-refractivity contribution is 0.0941. The summed E-state index contributed by atoms with van der Waals surface area (Å²) >= 11 is 5.58. The van der Waals surface area contributed by atoms with Gasteiger partial charge in [-0.2, -0.15) is 0 Å². The predicted octanol–water partition coefficient (Wildman–Crippen LogP) is 3.25. The van der Waals surface area contributed by atoms with Gasteiger partial charge in [0.05, 0.1) is 5.02 Å². The first-order chi connectivity index (χ1) is 9.43. The number of benzene rings is 1. The van der Waals surface area contributed by atoms with Gasteiger partial charge in [-0.25, -0.2) is 4.39 Å². The first-order valence-corrected chi connectivity index (χ1v) is 7.16. The molecule has 0 spiro atoms. The van der Waals surface area contributed by atoms with Crippen LogP contribution in [0.4, 0.5) is 4.39 Å². The van der Waals surface area contributed by atoms with E-state index in [0.29, 0.717) is 18.9 Å². The summed E-state index contributed by atoms with van der Waals surface area (Å²) in [4.78, 5) is 11.9. The van der Waals surface area contributed by atoms with Gasteiger partial charge < -0.3 is 10.4 Å². The van der Waals surface area contributed by atoms with Crippen LogP contribution in [0, 0.1) is 17.7 Å². The minimum absolute atomic E-state index is 0.000449. The second-order valence-electron chi connectivity index (χ2n) is 5.35. The van der Waals surface area contributed by atoms with Crippen molar-refractivity contribution in [1.29, 1.82) is 0 Å². The fraction of sp³-hybridized carbons (Fsp3) is 0.533. The molecular formula is C15H21ClFNO2. The second kappa shape index (κ2) is 8.22. The van der Waals surface area contributed by atoms with Crippen molar-refractivity contribution in [3.05, 3.63) is 34.6 Å². The van der Waals surface area contributed by atoms with Gasteiger partial charge in [0.2, 0.25) is 0 Å². The van der Waals surface area contributed by atoms with Crippen LogP contribution in [0.5, 0.6) is 0 Å². The van der Waals surface area contributed by atoms with Crippen LogP contribution >= 0.6 is 11.6 Å². The molecule has 1 amide bonds. The summed E-state index contributed by atoms with van der Waals surface area (Å²) in [7, 11) is 0. The molecule has 1 unspecified atom stereocenters. The van der Waals surface area contributed by atoms with E-state index >= 15 is 0 Å². The molecule has 1 rings (SSSR count). The van der Waals surface area contributed by atoms with Gasteiger partial charge >= 0.3 is 0 Å². The van der Waals surface area contributed by atoms with Gasteiger partial charge in [-0.05, 0) is 42.9 Å². The van der Waals surface area contributed by atoms with Crippen molar-refractivity contribution in [3.63, 3.8) is 0 Å². The maximum atomic E-state index is 13.3. The Balaban J connectivity index is 2.58. The van der Waals surface area contributed by atoms with Crippen molar-refractivity contribution in [2.45, 2.75) is 26.7 Å². The van der Waals surface area contributed by atoms with E-state index in [1.807, 2.05) is 0 Å². The Kier molecular flexibility index (Phi) is 6.96. The molecule has 2 N–H and O–H groups in total. The standard InChI is InChI=1S/C15H21ClFNO2/c1-10(2)7-11(5-6-19)9-18-15(20)12-3-4-13(16)14(17)8-12/h3-4,8,10-11,19H,5-7,9H2,1-2H3,(H,18,20). The number of aliphatic hydroxyl groups is 1. The molecule has 0 fully saturated rings. The fourth-order valence-corrected chi connectivity index (χ4v) is 2.25. The summed E-state index contributed by atoms with van der Waals surface area (Å²) in [5.41, 5.74) is 0.249. The van der Waals surface area contributed by atoms with Crippen molar-refractivity contribution in [2.75, 3.05) is 13.2 Å². The first-order valence-electron chi connectivity index (χ1n) is 6.78. The summed E-state index contributed by atoms with van der Waals surface area (Å²) in [6.07, 6.45) is 1.57. The third-order valence-electron chi connectivity index (χ3n) is 3.08. The Morgan fingerprint density at radius 3 is 2.70 bits per heavy atom. The normalized spacial score (nSPS) is 12.5. The molecule has 0 heterocycles. The summed E-state index contributed by atoms with van der Waals surface area (Å²) < 4.78 is 13.3. The third kappa shape index (κ3) is 5.47. The van der Waals surface area contributed by atoms with Crippen molar-refractivity contribution in [1.82, 2.24) is 5.32 Å². The molecule has 0 aliphatic rings. The molecule has 0 aliphatic heterocycles. The average Bonchev–Trinajstić information content (AvgIpc) is 2.38. The molecule has 0 saturated carbocycles. The van der Waals surface area contributed by atoms with Crippen molar-refractivity contribution in [3.8, 4) is 0 Å². The molecule has 0 bridgehead atoms. The first kappa shape index (κ1) is 16.9. The molecule has 0 aromatic heterocycles. The van der Waals surface area contributed by atoms with Gasteiger partial charge in [0.1, 0.15) is 5.82 Å². The Labute approximate surface area is 124 Å². The van der Waals surface area contributed by atoms with E-state index < -0.39 is 5.82 Å². The molecule has 0 aliphatic carbocycles. The molecule has 3 nitrogen and oxygen atoms in total. The summed E-state index contributed by atoms with van der Waals surface area (Å²) in [5.74, 6) is -0.210. The molecule has 0 saturated heterocycles. The van der Waals surface area contributed by atoms with Gasteiger partial charge in [0.15, 0.2) is 0 Å². The van der Waals surface area contributed by atoms with E-state index in [9.17, 15) is 9.18 Å². The van der Waals surface area contributed by atoms with Crippen LogP contribution in [0.3, 0.4) is 0 Å². The van der Waals surface area contributed by atoms with Crippen LogP contribution in [-0.4, -0.2) is 24.2 Å². The zero-order valence-electron chi connectivity index (χ0n) is 11.8. The van der Waals surface area contributed by atoms with Gasteiger partial charge in [-0.1, -0.05) is 25.4 Å². The number of hydrogen-bond donors (Lipinski definition) is 2. The van der Waals surface area contributed by atoms with Gasteiger partial charge in [0, 0.05) is 18.7 Å². The molecular weight excluding hydrogens is 281 g/mol. The maximum Gasteiger partial charge on any atom is 0.251 e. The highest BCUT2D eigenvalue weighted by molar-refractivity contribution is 6.30. The zero-order chi connectivity index (χ0) is 15.1. The number of carbonyl (C=O) groups excluding carboxylic acids is 1. The highest BCUT2D eigenvalue weighted by Crippen LogP contribution is 2.17. The van der Waals surface area contributed by atoms with E-state index in [1.165, 1.54) is 12.1 Å². The fourth-order valence-electron chi connectivity index (χ4n) is 2.13. The lowest BCUT2D eigenvalue weighted by Crippen LogP contribution is -2.30. The molecule has 0 radical (unpaired) electrons. The molecule has 1 atom stereocenters. The maximum absolute atomic E-state index is 13.3. The van der Waals surface area contributed by atoms with Crippen LogP contribution in [0.15, 0.2) is 18.2 Å². The number of rotatable bonds is 7. The van der Waals surface area contributed by atoms with Crippen LogP contribution in [0.1, 0.15) is 37.0 Å². The minimum atomic E-state index is -0.603. The quantitative estimate of drug-likeness (QED) is 0.812. The Morgan fingerprint density at radius 1 is 1.45 bits per heavy atom. The molecule has 112 valence electrons. The van der Waals surface area contributed by atoms with E-state index in [2.05, 4.69) is 19.2 Å². The van der Waals surface area contributed by atoms with Crippen molar-refractivity contribution >= 4 is 17.5 Å². The van der Waals surface area contributed by atoms with Crippen molar-refractivity contribution < 1.29 is 14.3 Å². The molecule has 5 heteroatoms. The predicted molar refractivity (Wildman–Crippen MR) is 78.4 cm³/mol. The van der Waals surface area contributed by atoms with E-state index in [0.717, 1.165) is 12.5 Å². The number of amides is 1. The SMILES string of the molecule is CC(C)CC(CCO)CNC(=O)c1ccc(Cl)c(F)c1. The van der Waals surface area contributed by atoms with Gasteiger partial charge in [-0.15, -0.1) is 0 Å². The Morgan fingerprint density at radius 2 is 2.15 bits per heavy atom. The Bertz CT molecular complexity index is 451. The van der Waals surface area contributed by atoms with E-state index in [4.69, 9.17) is 16.7 Å². The van der Waals surface area contributed by atoms with E-state index in [1.54, 1.807) is 0 Å². The lowest BCUT2D eigenvalue weighted by atomic mass is 9.94. The summed E-state index contributed by atoms with van der Waals surface area (Å²) in [6.45, 7) is 4.77. The van der Waals surface area contributed by atoms with Gasteiger partial charge in [-0.3, -0.25) is 4.79 Å². The molecule has 20 heavy (non-hydrogen) atoms. The topological polar surface area (TPSA) is 49.3 Å². The molecule has 1 aromatic rings. The number of hydrogen-bond acceptors (Lipinski definition) is 2. The number of halogens is 2. The smallest absolute Gasteiger partial charge is 0.251 e. The zero-order valence-corrected chi connectivity index (χ0v) is 12.6. The number of carbonyl (C=O) groups is 1. The highest BCUT2D eigenvalue weighted by Gasteiger charge is 2.14. The van der Waals surface area contributed by atoms with Crippen molar-refractivity contribution in [2.24, 2.45) is 11.8 Å². The van der Waals surface area contributed by atoms with E-state index in [-0.39, 0.29) is 29.0 Å². The number of nitrogens with one attached hydrogen (secondary N) is 1. The summed E-state index contributed by atoms with van der Waals surface area (Å²) in [6, 6.07) is 3.98. The highest BCUT2D eigenvalue weighted by atomic mass is 35.5. The molecule has 1 aromatic carbocycles. The largest absolute Gasteiger partial charge is 0.396 e. The van der Waals surface area contributed by atoms with Crippen LogP contribution in [0.25, 0.3) is 0 Å².